The first-order valence-electron chi connectivity index (χ1n) is 7.01. The Morgan fingerprint density at radius 1 is 1.12 bits per heavy atom. The predicted octanol–water partition coefficient (Wildman–Crippen LogP) is 5.33. The monoisotopic (exact) mass is 369 g/mol. The maximum Gasteiger partial charge on any atom is 0.490 e. The second kappa shape index (κ2) is 8.61. The molecule has 0 N–H and O–H groups in total. The van der Waals surface area contributed by atoms with Gasteiger partial charge in [-0.25, -0.2) is 4.79 Å². The number of halogens is 6. The van der Waals surface area contributed by atoms with Gasteiger partial charge in [0.25, 0.3) is 0 Å². The van der Waals surface area contributed by atoms with Gasteiger partial charge in [-0.05, 0) is 42.5 Å². The molecule has 0 bridgehead atoms. The molecule has 25 heavy (non-hydrogen) atoms. The first-order chi connectivity index (χ1) is 11.6. The Labute approximate surface area is 138 Å². The van der Waals surface area contributed by atoms with E-state index in [1.54, 1.807) is 0 Å². The van der Waals surface area contributed by atoms with Gasteiger partial charge in [0.05, 0.1) is 5.56 Å². The predicted molar refractivity (Wildman–Crippen MR) is 74.2 cm³/mol. The summed E-state index contributed by atoms with van der Waals surface area (Å²) in [5.41, 5.74) is 7.16. The minimum absolute atomic E-state index is 0.00869. The number of carbonyl (C=O) groups is 1. The lowest BCUT2D eigenvalue weighted by Crippen LogP contribution is -2.27. The van der Waals surface area contributed by atoms with E-state index in [0.29, 0.717) is 18.6 Å². The lowest BCUT2D eigenvalue weighted by molar-refractivity contribution is -0.205. The van der Waals surface area contributed by atoms with Crippen LogP contribution in [-0.4, -0.2) is 18.7 Å². The van der Waals surface area contributed by atoms with Crippen LogP contribution in [0, 0.1) is 0 Å². The van der Waals surface area contributed by atoms with Crippen LogP contribution in [0.5, 0.6) is 0 Å². The van der Waals surface area contributed by atoms with Gasteiger partial charge in [-0.2, -0.15) is 26.3 Å². The normalized spacial score (nSPS) is 13.0. The number of hydrogen-bond acceptors (Lipinski definition) is 3. The summed E-state index contributed by atoms with van der Waals surface area (Å²) in [7, 11) is 0. The van der Waals surface area contributed by atoms with Crippen LogP contribution >= 0.6 is 0 Å². The Morgan fingerprint density at radius 3 is 2.20 bits per heavy atom. The van der Waals surface area contributed by atoms with Gasteiger partial charge in [-0.3, -0.25) is 0 Å². The largest absolute Gasteiger partial charge is 0.490 e. The van der Waals surface area contributed by atoms with Crippen LogP contribution < -0.4 is 0 Å². The quantitative estimate of drug-likeness (QED) is 0.163. The van der Waals surface area contributed by atoms with E-state index in [9.17, 15) is 31.1 Å². The SMILES string of the molecule is [N-]=[N+]=NCCCCC(OC(=O)C(F)(F)F)c1ccc(C(F)(F)F)cc1. The second-order valence-corrected chi connectivity index (χ2v) is 4.96. The van der Waals surface area contributed by atoms with Crippen LogP contribution in [0.1, 0.15) is 36.5 Å². The first kappa shape index (κ1) is 20.6. The standard InChI is InChI=1S/C14H13F6N3O2/c15-13(16,17)10-6-4-9(5-7-10)11(3-1-2-8-22-23-21)25-12(24)14(18,19)20/h4-7,11H,1-3,8H2. The summed E-state index contributed by atoms with van der Waals surface area (Å²) in [5, 5.41) is 3.25. The summed E-state index contributed by atoms with van der Waals surface area (Å²) in [6, 6.07) is 3.32. The van der Waals surface area contributed by atoms with E-state index in [-0.39, 0.29) is 24.9 Å². The van der Waals surface area contributed by atoms with Gasteiger partial charge in [-0.15, -0.1) is 0 Å². The van der Waals surface area contributed by atoms with Gasteiger partial charge in [0.1, 0.15) is 6.10 Å². The second-order valence-electron chi connectivity index (χ2n) is 4.96. The van der Waals surface area contributed by atoms with Gasteiger partial charge < -0.3 is 4.74 Å². The van der Waals surface area contributed by atoms with Crippen molar-refractivity contribution in [2.24, 2.45) is 5.11 Å². The van der Waals surface area contributed by atoms with Crippen molar-refractivity contribution in [1.29, 1.82) is 0 Å². The zero-order chi connectivity index (χ0) is 19.1. The maximum atomic E-state index is 12.5. The number of azide groups is 1. The molecule has 1 rings (SSSR count). The molecule has 0 amide bonds. The number of rotatable bonds is 7. The van der Waals surface area contributed by atoms with Crippen LogP contribution in [0.25, 0.3) is 10.4 Å². The number of hydrogen-bond donors (Lipinski definition) is 0. The summed E-state index contributed by atoms with van der Waals surface area (Å²) < 4.78 is 79.1. The number of benzene rings is 1. The maximum absolute atomic E-state index is 12.5. The average molecular weight is 369 g/mol. The van der Waals surface area contributed by atoms with E-state index in [0.717, 1.165) is 12.1 Å². The topological polar surface area (TPSA) is 75.1 Å². The molecule has 0 aromatic heterocycles. The zero-order valence-electron chi connectivity index (χ0n) is 12.6. The fraction of sp³-hybridized carbons (Fsp3) is 0.500. The highest BCUT2D eigenvalue weighted by Gasteiger charge is 2.42. The third kappa shape index (κ3) is 6.92. The van der Waals surface area contributed by atoms with E-state index in [1.807, 2.05) is 0 Å². The smallest absolute Gasteiger partial charge is 0.451 e. The fourth-order valence-corrected chi connectivity index (χ4v) is 1.93. The van der Waals surface area contributed by atoms with E-state index < -0.39 is 30.0 Å². The van der Waals surface area contributed by atoms with Crippen molar-refractivity contribution in [3.8, 4) is 0 Å². The molecule has 1 atom stereocenters. The Kier molecular flexibility index (Phi) is 7.10. The lowest BCUT2D eigenvalue weighted by Gasteiger charge is -2.19. The fourth-order valence-electron chi connectivity index (χ4n) is 1.93. The molecule has 1 aromatic carbocycles. The van der Waals surface area contributed by atoms with Crippen LogP contribution in [0.3, 0.4) is 0 Å². The van der Waals surface area contributed by atoms with Gasteiger partial charge in [-0.1, -0.05) is 17.2 Å². The molecular weight excluding hydrogens is 356 g/mol. The summed E-state index contributed by atoms with van der Waals surface area (Å²) in [6.07, 6.45) is -10.7. The number of alkyl halides is 6. The number of carbonyl (C=O) groups excluding carboxylic acids is 1. The third-order valence-corrected chi connectivity index (χ3v) is 3.13. The lowest BCUT2D eigenvalue weighted by atomic mass is 10.0. The van der Waals surface area contributed by atoms with Crippen molar-refractivity contribution in [3.05, 3.63) is 45.8 Å². The Morgan fingerprint density at radius 2 is 1.72 bits per heavy atom. The molecular formula is C14H13F6N3O2. The summed E-state index contributed by atoms with van der Waals surface area (Å²) in [5.74, 6) is -2.42. The van der Waals surface area contributed by atoms with E-state index in [1.165, 1.54) is 0 Å². The molecule has 0 aliphatic rings. The van der Waals surface area contributed by atoms with Crippen LogP contribution in [0.2, 0.25) is 0 Å². The highest BCUT2D eigenvalue weighted by molar-refractivity contribution is 5.75. The average Bonchev–Trinajstić information content (AvgIpc) is 2.51. The van der Waals surface area contributed by atoms with Crippen molar-refractivity contribution >= 4 is 5.97 Å². The highest BCUT2D eigenvalue weighted by atomic mass is 19.4. The summed E-state index contributed by atoms with van der Waals surface area (Å²) in [4.78, 5) is 13.5. The minimum atomic E-state index is -5.21. The molecule has 0 aliphatic carbocycles. The van der Waals surface area contributed by atoms with Gasteiger partial charge in [0.15, 0.2) is 0 Å². The molecule has 0 heterocycles. The molecule has 0 saturated heterocycles. The highest BCUT2D eigenvalue weighted by Crippen LogP contribution is 2.32. The molecule has 0 aliphatic heterocycles. The van der Waals surface area contributed by atoms with Gasteiger partial charge in [0, 0.05) is 11.5 Å². The summed E-state index contributed by atoms with van der Waals surface area (Å²) >= 11 is 0. The Balaban J connectivity index is 2.88. The number of ether oxygens (including phenoxy) is 1. The molecule has 0 radical (unpaired) electrons. The van der Waals surface area contributed by atoms with Crippen LogP contribution in [0.15, 0.2) is 29.4 Å². The molecule has 138 valence electrons. The Bertz CT molecular complexity index is 621. The molecule has 0 fully saturated rings. The number of unbranched alkanes of at least 4 members (excludes halogenated alkanes) is 1. The molecule has 5 nitrogen and oxygen atoms in total. The van der Waals surface area contributed by atoms with Crippen molar-refractivity contribution in [1.82, 2.24) is 0 Å². The van der Waals surface area contributed by atoms with Crippen LogP contribution in [-0.2, 0) is 15.7 Å². The molecule has 11 heteroatoms. The van der Waals surface area contributed by atoms with E-state index in [2.05, 4.69) is 14.8 Å². The van der Waals surface area contributed by atoms with Gasteiger partial charge in [0.2, 0.25) is 0 Å². The van der Waals surface area contributed by atoms with Crippen molar-refractivity contribution in [3.63, 3.8) is 0 Å². The van der Waals surface area contributed by atoms with E-state index >= 15 is 0 Å². The minimum Gasteiger partial charge on any atom is -0.451 e. The molecule has 0 spiro atoms. The number of esters is 1. The molecule has 1 unspecified atom stereocenters. The van der Waals surface area contributed by atoms with Crippen molar-refractivity contribution < 1.29 is 35.9 Å². The number of nitrogens with zero attached hydrogens (tertiary/aromatic N) is 3. The third-order valence-electron chi connectivity index (χ3n) is 3.13. The molecule has 0 saturated carbocycles. The Hall–Kier alpha value is -2.42. The van der Waals surface area contributed by atoms with Gasteiger partial charge >= 0.3 is 18.3 Å². The zero-order valence-corrected chi connectivity index (χ0v) is 12.6. The van der Waals surface area contributed by atoms with E-state index in [4.69, 9.17) is 5.53 Å². The van der Waals surface area contributed by atoms with Crippen molar-refractivity contribution in [2.45, 2.75) is 37.7 Å². The van der Waals surface area contributed by atoms with Crippen molar-refractivity contribution in [2.75, 3.05) is 6.54 Å². The summed E-state index contributed by atoms with van der Waals surface area (Å²) in [6.45, 7) is 0.101. The molecule has 1 aromatic rings. The van der Waals surface area contributed by atoms with Crippen LogP contribution in [0.4, 0.5) is 26.3 Å². The first-order valence-corrected chi connectivity index (χ1v) is 7.01.